The molecule has 2 saturated carbocycles. The van der Waals surface area contributed by atoms with E-state index in [0.717, 1.165) is 44.1 Å². The van der Waals surface area contributed by atoms with Crippen LogP contribution in [0.15, 0.2) is 30.3 Å². The minimum absolute atomic E-state index is 0.0440. The molecule has 0 unspecified atom stereocenters. The quantitative estimate of drug-likeness (QED) is 0.245. The van der Waals surface area contributed by atoms with E-state index in [0.29, 0.717) is 24.7 Å². The summed E-state index contributed by atoms with van der Waals surface area (Å²) in [5, 5.41) is 27.5. The van der Waals surface area contributed by atoms with Gasteiger partial charge in [-0.15, -0.1) is 0 Å². The molecule has 0 spiro atoms. The minimum Gasteiger partial charge on any atom is -0.390 e. The molecular formula is C32H52N2O6S. The van der Waals surface area contributed by atoms with Crippen LogP contribution in [-0.2, 0) is 25.8 Å². The van der Waals surface area contributed by atoms with Crippen LogP contribution in [0.2, 0.25) is 0 Å². The van der Waals surface area contributed by atoms with Gasteiger partial charge in [-0.05, 0) is 57.4 Å². The van der Waals surface area contributed by atoms with Gasteiger partial charge in [-0.2, -0.15) is 0 Å². The molecule has 0 radical (unpaired) electrons. The van der Waals surface area contributed by atoms with Crippen molar-refractivity contribution in [1.82, 2.24) is 10.6 Å². The van der Waals surface area contributed by atoms with E-state index in [-0.39, 0.29) is 24.6 Å². The van der Waals surface area contributed by atoms with Crippen molar-refractivity contribution in [1.29, 1.82) is 0 Å². The Labute approximate surface area is 247 Å². The summed E-state index contributed by atoms with van der Waals surface area (Å²) in [7, 11) is -3.56. The van der Waals surface area contributed by atoms with E-state index in [1.54, 1.807) is 27.7 Å². The Bertz CT molecular complexity index is 1080. The average Bonchev–Trinajstić information content (AvgIpc) is 3.74. The molecule has 2 fully saturated rings. The van der Waals surface area contributed by atoms with Gasteiger partial charge in [-0.1, -0.05) is 82.2 Å². The lowest BCUT2D eigenvalue weighted by Crippen LogP contribution is -2.52. The summed E-state index contributed by atoms with van der Waals surface area (Å²) >= 11 is 0. The van der Waals surface area contributed by atoms with Gasteiger partial charge < -0.3 is 20.8 Å². The maximum atomic E-state index is 13.3. The van der Waals surface area contributed by atoms with Gasteiger partial charge >= 0.3 is 0 Å². The molecule has 3 rings (SSSR count). The van der Waals surface area contributed by atoms with Crippen molar-refractivity contribution in [3.8, 4) is 0 Å². The topological polar surface area (TPSA) is 133 Å². The van der Waals surface area contributed by atoms with Gasteiger partial charge in [0.1, 0.15) is 6.10 Å². The SMILES string of the molecule is C[C@H](CNC(=O)[C@H](Cc1ccccc1)CS(=O)(=O)C(C)(C)C)C(=O)N[C@@H](CC1CCCCC1)[C@@H](O)[C@@H](O)CC1CC1. The van der Waals surface area contributed by atoms with Crippen molar-refractivity contribution >= 4 is 21.7 Å². The highest BCUT2D eigenvalue weighted by Crippen LogP contribution is 2.35. The zero-order valence-corrected chi connectivity index (χ0v) is 26.2. The molecule has 2 aliphatic carbocycles. The van der Waals surface area contributed by atoms with Gasteiger partial charge in [0.05, 0.1) is 34.5 Å². The van der Waals surface area contributed by atoms with Gasteiger partial charge in [-0.3, -0.25) is 9.59 Å². The standard InChI is InChI=1S/C32H52N2O6S/c1-22(20-33-31(38)26(17-23-11-7-5-8-12-23)21-41(39,40)32(2,3)4)30(37)34-27(18-24-13-9-6-10-14-24)29(36)28(35)19-25-15-16-25/h5,7-8,11-12,22,24-29,35-36H,6,9-10,13-21H2,1-4H3,(H,33,38)(H,34,37)/t22-,26-,27+,28+,29-/m1/s1. The minimum atomic E-state index is -3.56. The molecule has 1 aromatic carbocycles. The lowest BCUT2D eigenvalue weighted by molar-refractivity contribution is -0.128. The van der Waals surface area contributed by atoms with Crippen molar-refractivity contribution in [2.24, 2.45) is 23.7 Å². The van der Waals surface area contributed by atoms with Crippen molar-refractivity contribution in [2.75, 3.05) is 12.3 Å². The molecule has 0 aliphatic heterocycles. The van der Waals surface area contributed by atoms with Gasteiger partial charge in [0.25, 0.3) is 0 Å². The van der Waals surface area contributed by atoms with Crippen LogP contribution < -0.4 is 10.6 Å². The highest BCUT2D eigenvalue weighted by atomic mass is 32.2. The molecule has 0 saturated heterocycles. The molecule has 5 atom stereocenters. The molecule has 0 heterocycles. The van der Waals surface area contributed by atoms with E-state index in [2.05, 4.69) is 10.6 Å². The second-order valence-corrected chi connectivity index (χ2v) is 16.3. The highest BCUT2D eigenvalue weighted by molar-refractivity contribution is 7.92. The number of hydrogen-bond acceptors (Lipinski definition) is 6. The monoisotopic (exact) mass is 592 g/mol. The van der Waals surface area contributed by atoms with Crippen molar-refractivity contribution in [3.05, 3.63) is 35.9 Å². The second-order valence-electron chi connectivity index (χ2n) is 13.5. The number of carbonyl (C=O) groups is 2. The van der Waals surface area contributed by atoms with E-state index < -0.39 is 50.6 Å². The fraction of sp³-hybridized carbons (Fsp3) is 0.750. The molecule has 2 amide bonds. The largest absolute Gasteiger partial charge is 0.390 e. The van der Waals surface area contributed by atoms with E-state index in [1.807, 2.05) is 30.3 Å². The molecule has 4 N–H and O–H groups in total. The summed E-state index contributed by atoms with van der Waals surface area (Å²) in [6.07, 6.45) is 7.28. The Morgan fingerprint density at radius 3 is 2.12 bits per heavy atom. The fourth-order valence-corrected chi connectivity index (χ4v) is 6.92. The molecule has 232 valence electrons. The summed E-state index contributed by atoms with van der Waals surface area (Å²) in [5.74, 6) is -1.54. The molecule has 1 aromatic rings. The van der Waals surface area contributed by atoms with Gasteiger partial charge in [-0.25, -0.2) is 8.42 Å². The van der Waals surface area contributed by atoms with Crippen LogP contribution in [0.3, 0.4) is 0 Å². The maximum Gasteiger partial charge on any atom is 0.224 e. The molecule has 0 bridgehead atoms. The molecule has 0 aromatic heterocycles. The van der Waals surface area contributed by atoms with Gasteiger partial charge in [0, 0.05) is 6.54 Å². The molecule has 41 heavy (non-hydrogen) atoms. The third kappa shape index (κ3) is 10.7. The van der Waals surface area contributed by atoms with E-state index in [1.165, 1.54) is 6.42 Å². The fourth-order valence-electron chi connectivity index (χ4n) is 5.62. The number of amides is 2. The number of aliphatic hydroxyl groups excluding tert-OH is 2. The van der Waals surface area contributed by atoms with Crippen LogP contribution in [0.5, 0.6) is 0 Å². The molecule has 8 nitrogen and oxygen atoms in total. The Morgan fingerprint density at radius 1 is 0.927 bits per heavy atom. The Hall–Kier alpha value is -1.97. The maximum absolute atomic E-state index is 13.3. The first-order valence-electron chi connectivity index (χ1n) is 15.5. The molecule has 2 aliphatic rings. The van der Waals surface area contributed by atoms with E-state index in [9.17, 15) is 28.2 Å². The highest BCUT2D eigenvalue weighted by Gasteiger charge is 2.36. The van der Waals surface area contributed by atoms with Crippen LogP contribution in [-0.4, -0.2) is 65.7 Å². The number of sulfone groups is 1. The van der Waals surface area contributed by atoms with Gasteiger partial charge in [0.2, 0.25) is 11.8 Å². The van der Waals surface area contributed by atoms with Crippen LogP contribution in [0.1, 0.15) is 91.0 Å². The Balaban J connectivity index is 1.63. The second kappa shape index (κ2) is 15.0. The smallest absolute Gasteiger partial charge is 0.224 e. The third-order valence-electron chi connectivity index (χ3n) is 8.80. The van der Waals surface area contributed by atoms with Crippen LogP contribution in [0.4, 0.5) is 0 Å². The van der Waals surface area contributed by atoms with Crippen molar-refractivity contribution < 1.29 is 28.2 Å². The average molecular weight is 593 g/mol. The predicted molar refractivity (Wildman–Crippen MR) is 162 cm³/mol. The summed E-state index contributed by atoms with van der Waals surface area (Å²) in [6, 6.07) is 8.77. The van der Waals surface area contributed by atoms with Crippen LogP contribution in [0.25, 0.3) is 0 Å². The molecular weight excluding hydrogens is 540 g/mol. The number of rotatable bonds is 15. The number of hydrogen-bond donors (Lipinski definition) is 4. The normalized spacial score (nSPS) is 20.4. The van der Waals surface area contributed by atoms with Crippen LogP contribution in [0, 0.1) is 23.7 Å². The summed E-state index contributed by atoms with van der Waals surface area (Å²) in [6.45, 7) is 6.64. The van der Waals surface area contributed by atoms with Crippen molar-refractivity contribution in [3.63, 3.8) is 0 Å². The first kappa shape index (κ1) is 33.5. The number of carbonyl (C=O) groups excluding carboxylic acids is 2. The van der Waals surface area contributed by atoms with Crippen molar-refractivity contribution in [2.45, 2.75) is 115 Å². The lowest BCUT2D eigenvalue weighted by Gasteiger charge is -2.33. The number of nitrogens with one attached hydrogen (secondary N) is 2. The summed E-state index contributed by atoms with van der Waals surface area (Å²) in [4.78, 5) is 26.5. The van der Waals surface area contributed by atoms with Gasteiger partial charge in [0.15, 0.2) is 9.84 Å². The Morgan fingerprint density at radius 2 is 1.54 bits per heavy atom. The Kier molecular flexibility index (Phi) is 12.2. The summed E-state index contributed by atoms with van der Waals surface area (Å²) < 4.78 is 25.0. The van der Waals surface area contributed by atoms with Crippen LogP contribution >= 0.6 is 0 Å². The zero-order valence-electron chi connectivity index (χ0n) is 25.3. The summed E-state index contributed by atoms with van der Waals surface area (Å²) in [5.41, 5.74) is 0.867. The third-order valence-corrected chi connectivity index (χ3v) is 11.5. The van der Waals surface area contributed by atoms with E-state index >= 15 is 0 Å². The number of aliphatic hydroxyl groups is 2. The molecule has 9 heteroatoms. The van der Waals surface area contributed by atoms with E-state index in [4.69, 9.17) is 0 Å². The first-order chi connectivity index (χ1) is 19.3. The predicted octanol–water partition coefficient (Wildman–Crippen LogP) is 3.79. The zero-order chi connectivity index (χ0) is 30.2. The lowest BCUT2D eigenvalue weighted by atomic mass is 9.82. The first-order valence-corrected chi connectivity index (χ1v) is 17.1. The number of benzene rings is 1.